The summed E-state index contributed by atoms with van der Waals surface area (Å²) in [6.45, 7) is 1.25. The number of carboxylic acid groups (broad SMARTS) is 1. The van der Waals surface area contributed by atoms with Crippen molar-refractivity contribution in [2.45, 2.75) is 57.3 Å². The van der Waals surface area contributed by atoms with E-state index in [9.17, 15) is 27.9 Å². The summed E-state index contributed by atoms with van der Waals surface area (Å²) in [6.07, 6.45) is 1.46. The molecule has 0 bridgehead atoms. The van der Waals surface area contributed by atoms with Gasteiger partial charge in [0.05, 0.1) is 6.10 Å². The lowest BCUT2D eigenvalue weighted by Crippen LogP contribution is -2.47. The Labute approximate surface area is 132 Å². The average molecular weight is 337 g/mol. The zero-order valence-electron chi connectivity index (χ0n) is 12.8. The fraction of sp³-hybridized carbons (Fsp3) is 0.600. The number of carbonyl (C=O) groups excluding carboxylic acids is 1. The molecule has 0 fully saturated rings. The molecule has 5 nitrogen and oxygen atoms in total. The summed E-state index contributed by atoms with van der Waals surface area (Å²) >= 11 is 0. The highest BCUT2D eigenvalue weighted by Gasteiger charge is 2.25. The van der Waals surface area contributed by atoms with Gasteiger partial charge in [0.2, 0.25) is 5.91 Å². The van der Waals surface area contributed by atoms with E-state index in [1.54, 1.807) is 12.2 Å². The smallest absolute Gasteiger partial charge is 0.389 e. The average Bonchev–Trinajstić information content (AvgIpc) is 2.41. The molecular weight excluding hydrogens is 315 g/mol. The van der Waals surface area contributed by atoms with E-state index in [4.69, 9.17) is 5.11 Å². The van der Waals surface area contributed by atoms with Crippen molar-refractivity contribution in [2.24, 2.45) is 0 Å². The number of hydrogen-bond donors (Lipinski definition) is 3. The van der Waals surface area contributed by atoms with Crippen molar-refractivity contribution in [2.75, 3.05) is 0 Å². The molecule has 0 aliphatic heterocycles. The van der Waals surface area contributed by atoms with Gasteiger partial charge in [0.15, 0.2) is 6.04 Å². The second kappa shape index (κ2) is 10.8. The summed E-state index contributed by atoms with van der Waals surface area (Å²) in [5, 5.41) is 20.1. The fourth-order valence-electron chi connectivity index (χ4n) is 1.67. The molecule has 0 heterocycles. The number of carbonyl (C=O) groups is 2. The van der Waals surface area contributed by atoms with Gasteiger partial charge in [-0.15, -0.1) is 0 Å². The van der Waals surface area contributed by atoms with Crippen molar-refractivity contribution in [1.82, 2.24) is 5.32 Å². The van der Waals surface area contributed by atoms with Gasteiger partial charge >= 0.3 is 12.1 Å². The molecule has 3 N–H and O–H groups in total. The van der Waals surface area contributed by atoms with Crippen LogP contribution < -0.4 is 5.32 Å². The number of amides is 1. The van der Waals surface area contributed by atoms with Gasteiger partial charge < -0.3 is 15.5 Å². The van der Waals surface area contributed by atoms with Crippen LogP contribution in [0.1, 0.15) is 39.0 Å². The number of allylic oxidation sites excluding steroid dienone is 3. The van der Waals surface area contributed by atoms with E-state index in [-0.39, 0.29) is 6.42 Å². The second-order valence-corrected chi connectivity index (χ2v) is 5.07. The van der Waals surface area contributed by atoms with E-state index in [0.29, 0.717) is 19.3 Å². The van der Waals surface area contributed by atoms with Gasteiger partial charge in [0.1, 0.15) is 0 Å². The standard InChI is InChI=1S/C15H22F3NO4/c1-11(20)13(14(22)23)19-12(21)9-7-5-3-2-4-6-8-10-15(16,17)18/h3,5,7,9,11,13,20H,2,4,6,8,10H2,1H3,(H,19,21)(H,22,23)/b5-3+,9-7+/t11-,13+/m1/s1. The Kier molecular flexibility index (Phi) is 9.96. The van der Waals surface area contributed by atoms with Crippen LogP contribution >= 0.6 is 0 Å². The lowest BCUT2D eigenvalue weighted by Gasteiger charge is -2.15. The van der Waals surface area contributed by atoms with Gasteiger partial charge in [-0.2, -0.15) is 13.2 Å². The van der Waals surface area contributed by atoms with E-state index in [1.165, 1.54) is 13.0 Å². The lowest BCUT2D eigenvalue weighted by molar-refractivity contribution is -0.144. The third-order valence-electron chi connectivity index (χ3n) is 2.87. The van der Waals surface area contributed by atoms with Gasteiger partial charge in [0, 0.05) is 12.5 Å². The van der Waals surface area contributed by atoms with Crippen LogP contribution in [0.2, 0.25) is 0 Å². The van der Waals surface area contributed by atoms with E-state index >= 15 is 0 Å². The summed E-state index contributed by atoms with van der Waals surface area (Å²) < 4.78 is 35.7. The summed E-state index contributed by atoms with van der Waals surface area (Å²) in [4.78, 5) is 22.2. The minimum absolute atomic E-state index is 0.103. The van der Waals surface area contributed by atoms with Crippen LogP contribution in [-0.2, 0) is 9.59 Å². The largest absolute Gasteiger partial charge is 0.480 e. The normalized spacial score (nSPS) is 15.0. The first-order valence-electron chi connectivity index (χ1n) is 7.25. The van der Waals surface area contributed by atoms with Crippen molar-refractivity contribution >= 4 is 11.9 Å². The quantitative estimate of drug-likeness (QED) is 0.325. The lowest BCUT2D eigenvalue weighted by atomic mass is 10.1. The molecule has 0 spiro atoms. The number of nitrogens with one attached hydrogen (secondary N) is 1. The Balaban J connectivity index is 3.91. The third-order valence-corrected chi connectivity index (χ3v) is 2.87. The van der Waals surface area contributed by atoms with Crippen LogP contribution in [0.15, 0.2) is 24.3 Å². The first kappa shape index (κ1) is 21.2. The van der Waals surface area contributed by atoms with E-state index in [1.807, 2.05) is 0 Å². The maximum Gasteiger partial charge on any atom is 0.389 e. The zero-order chi connectivity index (χ0) is 17.9. The van der Waals surface area contributed by atoms with Gasteiger partial charge in [-0.05, 0) is 26.2 Å². The summed E-state index contributed by atoms with van der Waals surface area (Å²) in [7, 11) is 0. The van der Waals surface area contributed by atoms with Crippen molar-refractivity contribution in [3.8, 4) is 0 Å². The Hall–Kier alpha value is -1.83. The highest BCUT2D eigenvalue weighted by Crippen LogP contribution is 2.22. The number of unbranched alkanes of at least 4 members (excludes halogenated alkanes) is 3. The summed E-state index contributed by atoms with van der Waals surface area (Å²) in [5.41, 5.74) is 0. The monoisotopic (exact) mass is 337 g/mol. The van der Waals surface area contributed by atoms with Crippen LogP contribution in [0, 0.1) is 0 Å². The molecule has 132 valence electrons. The number of rotatable bonds is 10. The molecular formula is C15H22F3NO4. The minimum Gasteiger partial charge on any atom is -0.480 e. The molecule has 0 aromatic carbocycles. The SMILES string of the molecule is C[C@@H](O)[C@H](NC(=O)/C=C/C=C/CCCCCC(F)(F)F)C(=O)O. The second-order valence-electron chi connectivity index (χ2n) is 5.07. The molecule has 0 aromatic heterocycles. The minimum atomic E-state index is -4.11. The molecule has 0 aliphatic rings. The maximum atomic E-state index is 11.9. The number of halogens is 3. The number of aliphatic hydroxyl groups is 1. The number of aliphatic carboxylic acids is 1. The molecule has 0 saturated heterocycles. The molecule has 23 heavy (non-hydrogen) atoms. The number of alkyl halides is 3. The molecule has 0 rings (SSSR count). The van der Waals surface area contributed by atoms with Crippen LogP contribution in [0.5, 0.6) is 0 Å². The first-order valence-corrected chi connectivity index (χ1v) is 7.25. The van der Waals surface area contributed by atoms with Crippen LogP contribution in [0.25, 0.3) is 0 Å². The molecule has 0 unspecified atom stereocenters. The van der Waals surface area contributed by atoms with Crippen molar-refractivity contribution in [3.05, 3.63) is 24.3 Å². The first-order chi connectivity index (χ1) is 10.6. The molecule has 0 aromatic rings. The van der Waals surface area contributed by atoms with Crippen molar-refractivity contribution < 1.29 is 33.0 Å². The fourth-order valence-corrected chi connectivity index (χ4v) is 1.67. The molecule has 8 heteroatoms. The Morgan fingerprint density at radius 3 is 2.35 bits per heavy atom. The van der Waals surface area contributed by atoms with Crippen LogP contribution in [-0.4, -0.2) is 40.4 Å². The zero-order valence-corrected chi connectivity index (χ0v) is 12.8. The van der Waals surface area contributed by atoms with Gasteiger partial charge in [-0.3, -0.25) is 4.79 Å². The third kappa shape index (κ3) is 12.4. The van der Waals surface area contributed by atoms with Gasteiger partial charge in [-0.25, -0.2) is 4.79 Å². The maximum absolute atomic E-state index is 11.9. The summed E-state index contributed by atoms with van der Waals surface area (Å²) in [5.74, 6) is -2.00. The van der Waals surface area contributed by atoms with E-state index in [0.717, 1.165) is 6.08 Å². The predicted octanol–water partition coefficient (Wildman–Crippen LogP) is 2.56. The molecule has 1 amide bonds. The van der Waals surface area contributed by atoms with Crippen molar-refractivity contribution in [3.63, 3.8) is 0 Å². The van der Waals surface area contributed by atoms with E-state index < -0.39 is 36.6 Å². The number of carboxylic acids is 1. The van der Waals surface area contributed by atoms with Gasteiger partial charge in [0.25, 0.3) is 0 Å². The molecule has 0 saturated carbocycles. The van der Waals surface area contributed by atoms with Crippen molar-refractivity contribution in [1.29, 1.82) is 0 Å². The number of hydrogen-bond acceptors (Lipinski definition) is 3. The molecule has 2 atom stereocenters. The Bertz CT molecular complexity index is 431. The topological polar surface area (TPSA) is 86.6 Å². The highest BCUT2D eigenvalue weighted by atomic mass is 19.4. The molecule has 0 radical (unpaired) electrons. The van der Waals surface area contributed by atoms with Crippen LogP contribution in [0.4, 0.5) is 13.2 Å². The van der Waals surface area contributed by atoms with Gasteiger partial charge in [-0.1, -0.05) is 24.6 Å². The summed E-state index contributed by atoms with van der Waals surface area (Å²) in [6, 6.07) is -1.38. The van der Waals surface area contributed by atoms with E-state index in [2.05, 4.69) is 5.32 Å². The molecule has 0 aliphatic carbocycles. The Morgan fingerprint density at radius 1 is 1.17 bits per heavy atom. The van der Waals surface area contributed by atoms with Crippen LogP contribution in [0.3, 0.4) is 0 Å². The predicted molar refractivity (Wildman–Crippen MR) is 78.7 cm³/mol. The Morgan fingerprint density at radius 2 is 1.83 bits per heavy atom. The number of aliphatic hydroxyl groups excluding tert-OH is 1. The highest BCUT2D eigenvalue weighted by molar-refractivity contribution is 5.91.